The van der Waals surface area contributed by atoms with Gasteiger partial charge < -0.3 is 15.7 Å². The van der Waals surface area contributed by atoms with Gasteiger partial charge in [-0.05, 0) is 24.7 Å². The van der Waals surface area contributed by atoms with Crippen molar-refractivity contribution >= 4 is 24.4 Å². The molecule has 0 aliphatic heterocycles. The number of aliphatic hydroxyl groups excluding tert-OH is 1. The lowest BCUT2D eigenvalue weighted by Crippen LogP contribution is -2.48. The fourth-order valence-corrected chi connectivity index (χ4v) is 2.02. The molecule has 0 radical (unpaired) electrons. The second-order valence-corrected chi connectivity index (χ2v) is 4.99. The lowest BCUT2D eigenvalue weighted by Gasteiger charge is -2.19. The quantitative estimate of drug-likeness (QED) is 0.475. The van der Waals surface area contributed by atoms with E-state index in [4.69, 9.17) is 5.11 Å². The Bertz CT molecular complexity index is 292. The van der Waals surface area contributed by atoms with Gasteiger partial charge in [0.05, 0.1) is 0 Å². The van der Waals surface area contributed by atoms with Crippen molar-refractivity contribution in [3.8, 4) is 0 Å². The Hall–Kier alpha value is -0.750. The van der Waals surface area contributed by atoms with Crippen LogP contribution in [0, 0.1) is 5.41 Å². The summed E-state index contributed by atoms with van der Waals surface area (Å²) in [5.41, 5.74) is 0.0851. The molecule has 0 saturated heterocycles. The monoisotopic (exact) mass is 260 g/mol. The molecule has 1 unspecified atom stereocenters. The summed E-state index contributed by atoms with van der Waals surface area (Å²) in [5, 5.41) is 14.3. The highest BCUT2D eigenvalue weighted by atomic mass is 32.1. The molecule has 6 heteroatoms. The second-order valence-electron chi connectivity index (χ2n) is 4.63. The number of carbonyl (C=O) groups excluding carboxylic acids is 2. The zero-order valence-electron chi connectivity index (χ0n) is 10.0. The van der Waals surface area contributed by atoms with E-state index >= 15 is 0 Å². The number of thiol groups is 1. The van der Waals surface area contributed by atoms with Crippen molar-refractivity contribution in [1.29, 1.82) is 0 Å². The van der Waals surface area contributed by atoms with E-state index in [1.807, 2.05) is 0 Å². The van der Waals surface area contributed by atoms with Crippen LogP contribution in [-0.4, -0.2) is 41.9 Å². The minimum Gasteiger partial charge on any atom is -0.396 e. The van der Waals surface area contributed by atoms with E-state index in [0.29, 0.717) is 6.54 Å². The first kappa shape index (κ1) is 14.3. The average molecular weight is 260 g/mol. The smallest absolute Gasteiger partial charge is 0.243 e. The van der Waals surface area contributed by atoms with E-state index in [0.717, 1.165) is 19.3 Å². The number of hydrogen-bond acceptors (Lipinski definition) is 4. The number of rotatable bonds is 7. The Morgan fingerprint density at radius 2 is 2.12 bits per heavy atom. The molecule has 1 saturated carbocycles. The summed E-state index contributed by atoms with van der Waals surface area (Å²) in [6.07, 6.45) is 2.80. The van der Waals surface area contributed by atoms with Crippen LogP contribution in [0.3, 0.4) is 0 Å². The van der Waals surface area contributed by atoms with Crippen molar-refractivity contribution in [2.24, 2.45) is 5.41 Å². The fourth-order valence-electron chi connectivity index (χ4n) is 1.77. The Morgan fingerprint density at radius 3 is 2.53 bits per heavy atom. The van der Waals surface area contributed by atoms with E-state index < -0.39 is 6.04 Å². The molecule has 1 aliphatic rings. The van der Waals surface area contributed by atoms with Crippen LogP contribution >= 0.6 is 12.6 Å². The molecular weight excluding hydrogens is 240 g/mol. The molecule has 2 amide bonds. The molecule has 5 nitrogen and oxygen atoms in total. The fraction of sp³-hybridized carbons (Fsp3) is 0.818. The molecule has 0 spiro atoms. The molecule has 98 valence electrons. The molecule has 1 atom stereocenters. The minimum absolute atomic E-state index is 0.0851. The molecule has 1 aliphatic carbocycles. The molecule has 0 heterocycles. The summed E-state index contributed by atoms with van der Waals surface area (Å²) >= 11 is 4.04. The van der Waals surface area contributed by atoms with E-state index in [1.165, 1.54) is 6.92 Å². The van der Waals surface area contributed by atoms with Gasteiger partial charge in [-0.25, -0.2) is 0 Å². The van der Waals surface area contributed by atoms with Crippen molar-refractivity contribution in [2.45, 2.75) is 32.2 Å². The Balaban J connectivity index is 2.35. The minimum atomic E-state index is -0.583. The first-order valence-electron chi connectivity index (χ1n) is 5.79. The normalized spacial score (nSPS) is 18.3. The third kappa shape index (κ3) is 4.55. The summed E-state index contributed by atoms with van der Waals surface area (Å²) in [5.74, 6) is -0.173. The van der Waals surface area contributed by atoms with Crippen molar-refractivity contribution in [1.82, 2.24) is 10.6 Å². The predicted molar refractivity (Wildman–Crippen MR) is 67.8 cm³/mol. The topological polar surface area (TPSA) is 78.4 Å². The van der Waals surface area contributed by atoms with Gasteiger partial charge in [0.15, 0.2) is 0 Å². The van der Waals surface area contributed by atoms with Crippen molar-refractivity contribution in [3.05, 3.63) is 0 Å². The predicted octanol–water partition coefficient (Wildman–Crippen LogP) is -0.300. The molecule has 0 aromatic heterocycles. The van der Waals surface area contributed by atoms with E-state index in [-0.39, 0.29) is 29.6 Å². The van der Waals surface area contributed by atoms with Crippen LogP contribution in [0.5, 0.6) is 0 Å². The number of nitrogens with one attached hydrogen (secondary N) is 2. The van der Waals surface area contributed by atoms with Crippen LogP contribution in [0.2, 0.25) is 0 Å². The zero-order valence-corrected chi connectivity index (χ0v) is 10.9. The molecule has 17 heavy (non-hydrogen) atoms. The number of amides is 2. The third-order valence-corrected chi connectivity index (χ3v) is 3.48. The van der Waals surface area contributed by atoms with Gasteiger partial charge in [-0.3, -0.25) is 9.59 Å². The molecular formula is C11H20N2O3S. The van der Waals surface area contributed by atoms with Gasteiger partial charge in [0.2, 0.25) is 11.8 Å². The third-order valence-electron chi connectivity index (χ3n) is 3.11. The van der Waals surface area contributed by atoms with Gasteiger partial charge in [-0.15, -0.1) is 0 Å². The van der Waals surface area contributed by atoms with E-state index in [9.17, 15) is 9.59 Å². The van der Waals surface area contributed by atoms with Crippen LogP contribution in [0.4, 0.5) is 0 Å². The van der Waals surface area contributed by atoms with Crippen LogP contribution < -0.4 is 10.6 Å². The molecule has 0 aromatic rings. The van der Waals surface area contributed by atoms with Crippen molar-refractivity contribution < 1.29 is 14.7 Å². The molecule has 0 bridgehead atoms. The summed E-state index contributed by atoms with van der Waals surface area (Å²) in [7, 11) is 0. The lowest BCUT2D eigenvalue weighted by molar-refractivity contribution is -0.127. The van der Waals surface area contributed by atoms with E-state index in [1.54, 1.807) is 0 Å². The largest absolute Gasteiger partial charge is 0.396 e. The maximum atomic E-state index is 11.8. The van der Waals surface area contributed by atoms with Gasteiger partial charge in [-0.1, -0.05) is 0 Å². The highest BCUT2D eigenvalue weighted by Gasteiger charge is 2.42. The Kier molecular flexibility index (Phi) is 5.27. The van der Waals surface area contributed by atoms with Crippen molar-refractivity contribution in [2.75, 3.05) is 18.9 Å². The summed E-state index contributed by atoms with van der Waals surface area (Å²) in [4.78, 5) is 22.6. The number of aliphatic hydroxyl groups is 1. The Morgan fingerprint density at radius 1 is 1.47 bits per heavy atom. The second kappa shape index (κ2) is 6.26. The van der Waals surface area contributed by atoms with Crippen LogP contribution in [0.25, 0.3) is 0 Å². The highest BCUT2D eigenvalue weighted by molar-refractivity contribution is 7.80. The summed E-state index contributed by atoms with van der Waals surface area (Å²) in [6.45, 7) is 2.09. The molecule has 3 N–H and O–H groups in total. The van der Waals surface area contributed by atoms with Crippen LogP contribution in [-0.2, 0) is 9.59 Å². The standard InChI is InChI=1S/C11H20N2O3S/c1-8(15)13-9(6-17)10(16)12-7-11(2-3-11)4-5-14/h9,14,17H,2-7H2,1H3,(H,12,16)(H,13,15). The molecule has 1 fully saturated rings. The first-order valence-corrected chi connectivity index (χ1v) is 6.43. The number of hydrogen-bond donors (Lipinski definition) is 4. The Labute approximate surface area is 107 Å². The summed E-state index contributed by atoms with van der Waals surface area (Å²) in [6, 6.07) is -0.583. The van der Waals surface area contributed by atoms with Gasteiger partial charge >= 0.3 is 0 Å². The lowest BCUT2D eigenvalue weighted by atomic mass is 10.0. The van der Waals surface area contributed by atoms with Gasteiger partial charge in [0.1, 0.15) is 6.04 Å². The average Bonchev–Trinajstić information content (AvgIpc) is 3.03. The summed E-state index contributed by atoms with van der Waals surface area (Å²) < 4.78 is 0. The van der Waals surface area contributed by atoms with Crippen LogP contribution in [0.15, 0.2) is 0 Å². The van der Waals surface area contributed by atoms with Gasteiger partial charge in [0.25, 0.3) is 0 Å². The highest BCUT2D eigenvalue weighted by Crippen LogP contribution is 2.47. The molecule has 0 aromatic carbocycles. The maximum Gasteiger partial charge on any atom is 0.243 e. The zero-order chi connectivity index (χ0) is 12.9. The molecule has 1 rings (SSSR count). The van der Waals surface area contributed by atoms with Crippen molar-refractivity contribution in [3.63, 3.8) is 0 Å². The first-order chi connectivity index (χ1) is 8.03. The maximum absolute atomic E-state index is 11.8. The van der Waals surface area contributed by atoms with Gasteiger partial charge in [-0.2, -0.15) is 12.6 Å². The van der Waals surface area contributed by atoms with Crippen LogP contribution in [0.1, 0.15) is 26.2 Å². The van der Waals surface area contributed by atoms with Gasteiger partial charge in [0, 0.05) is 25.8 Å². The SMILES string of the molecule is CC(=O)NC(CS)C(=O)NCC1(CCO)CC1. The number of carbonyl (C=O) groups is 2. The van der Waals surface area contributed by atoms with E-state index in [2.05, 4.69) is 23.3 Å².